The Labute approximate surface area is 141 Å². The molecule has 5 rings (SSSR count). The molecule has 3 heteroatoms. The summed E-state index contributed by atoms with van der Waals surface area (Å²) in [6.07, 6.45) is 8.29. The fourth-order valence-corrected chi connectivity index (χ4v) is 4.25. The van der Waals surface area contributed by atoms with Crippen molar-refractivity contribution < 1.29 is 9.53 Å². The second-order valence-corrected chi connectivity index (χ2v) is 6.72. The van der Waals surface area contributed by atoms with Gasteiger partial charge in [-0.25, -0.2) is 0 Å². The molecule has 0 bridgehead atoms. The smallest absolute Gasteiger partial charge is 0.171 e. The molecule has 1 aliphatic heterocycles. The summed E-state index contributed by atoms with van der Waals surface area (Å²) in [4.78, 5) is 15.3. The summed E-state index contributed by atoms with van der Waals surface area (Å²) in [5.74, 6) is 0.340. The first-order chi connectivity index (χ1) is 11.8. The lowest BCUT2D eigenvalue weighted by molar-refractivity contribution is 0.0934. The monoisotopic (exact) mass is 317 g/mol. The average molecular weight is 317 g/mol. The highest BCUT2D eigenvalue weighted by atomic mass is 16.5. The first-order valence-electron chi connectivity index (χ1n) is 8.61. The van der Waals surface area contributed by atoms with E-state index >= 15 is 0 Å². The number of nitrogens with zero attached hydrogens (tertiary/aromatic N) is 1. The largest absolute Gasteiger partial charge is 0.378 e. The zero-order valence-electron chi connectivity index (χ0n) is 13.4. The number of Topliss-reactive ketones (excluding diaryl/α,β-unsaturated/α-hetero) is 1. The second-order valence-electron chi connectivity index (χ2n) is 6.72. The molecule has 1 saturated heterocycles. The molecular formula is C21H19NO2. The van der Waals surface area contributed by atoms with Crippen LogP contribution in [0.5, 0.6) is 0 Å². The van der Waals surface area contributed by atoms with Gasteiger partial charge in [0.2, 0.25) is 0 Å². The molecule has 3 aliphatic rings. The number of benzene rings is 2. The van der Waals surface area contributed by atoms with Crippen LogP contribution in [0.4, 0.5) is 5.69 Å². The molecule has 0 saturated carbocycles. The van der Waals surface area contributed by atoms with Crippen molar-refractivity contribution in [1.82, 2.24) is 0 Å². The van der Waals surface area contributed by atoms with E-state index in [1.165, 1.54) is 16.6 Å². The average Bonchev–Trinajstić information content (AvgIpc) is 2.66. The fourth-order valence-electron chi connectivity index (χ4n) is 4.25. The molecule has 2 unspecified atom stereocenters. The van der Waals surface area contributed by atoms with Crippen molar-refractivity contribution >= 4 is 22.2 Å². The Kier molecular flexibility index (Phi) is 3.10. The molecule has 2 atom stereocenters. The van der Waals surface area contributed by atoms with Crippen LogP contribution in [0.15, 0.2) is 54.6 Å². The number of anilines is 1. The summed E-state index contributed by atoms with van der Waals surface area (Å²) < 4.78 is 5.49. The Morgan fingerprint density at radius 1 is 1.00 bits per heavy atom. The van der Waals surface area contributed by atoms with Crippen LogP contribution in [0, 0.1) is 5.92 Å². The fraction of sp³-hybridized carbons (Fsp3) is 0.286. The van der Waals surface area contributed by atoms with Gasteiger partial charge in [-0.2, -0.15) is 0 Å². The molecule has 0 spiro atoms. The Morgan fingerprint density at radius 2 is 1.79 bits per heavy atom. The van der Waals surface area contributed by atoms with Gasteiger partial charge in [0.05, 0.1) is 19.1 Å². The third kappa shape index (κ3) is 1.98. The van der Waals surface area contributed by atoms with Gasteiger partial charge >= 0.3 is 0 Å². The lowest BCUT2D eigenvalue weighted by Crippen LogP contribution is -2.36. The van der Waals surface area contributed by atoms with E-state index in [2.05, 4.69) is 41.3 Å². The number of ketones is 1. The number of hydrogen-bond acceptors (Lipinski definition) is 3. The standard InChI is InChI=1S/C21H19NO2/c23-21-17-6-2-1-5-16(17)19-13-15(22-8-10-24-11-9-22)12-14-4-3-7-18(21)20(14)19/h1-7,12-13,16-17H,8-11H2. The van der Waals surface area contributed by atoms with Gasteiger partial charge in [0.15, 0.2) is 5.78 Å². The third-order valence-corrected chi connectivity index (χ3v) is 5.43. The maximum atomic E-state index is 12.9. The molecule has 0 aromatic heterocycles. The van der Waals surface area contributed by atoms with Crippen LogP contribution in [-0.2, 0) is 4.74 Å². The first kappa shape index (κ1) is 14.0. The molecule has 0 N–H and O–H groups in total. The number of hydrogen-bond donors (Lipinski definition) is 0. The Morgan fingerprint density at radius 3 is 2.62 bits per heavy atom. The summed E-state index contributed by atoms with van der Waals surface area (Å²) in [7, 11) is 0. The van der Waals surface area contributed by atoms with Crippen molar-refractivity contribution in [2.45, 2.75) is 5.92 Å². The highest BCUT2D eigenvalue weighted by Crippen LogP contribution is 2.44. The van der Waals surface area contributed by atoms with Crippen LogP contribution in [-0.4, -0.2) is 32.1 Å². The van der Waals surface area contributed by atoms with Gasteiger partial charge in [0.1, 0.15) is 0 Å². The number of ether oxygens (including phenoxy) is 1. The van der Waals surface area contributed by atoms with Crippen molar-refractivity contribution in [3.63, 3.8) is 0 Å². The van der Waals surface area contributed by atoms with Crippen LogP contribution < -0.4 is 4.90 Å². The zero-order chi connectivity index (χ0) is 16.1. The molecule has 2 aromatic carbocycles. The van der Waals surface area contributed by atoms with Crippen molar-refractivity contribution in [3.05, 3.63) is 65.8 Å². The van der Waals surface area contributed by atoms with Gasteiger partial charge < -0.3 is 9.64 Å². The van der Waals surface area contributed by atoms with Crippen LogP contribution >= 0.6 is 0 Å². The van der Waals surface area contributed by atoms with E-state index in [1.54, 1.807) is 0 Å². The van der Waals surface area contributed by atoms with E-state index in [-0.39, 0.29) is 17.6 Å². The van der Waals surface area contributed by atoms with Gasteiger partial charge in [-0.05, 0) is 28.5 Å². The number of morpholine rings is 1. The van der Waals surface area contributed by atoms with Gasteiger partial charge in [-0.1, -0.05) is 42.5 Å². The van der Waals surface area contributed by atoms with Crippen LogP contribution in [0.2, 0.25) is 0 Å². The molecule has 1 fully saturated rings. The highest BCUT2D eigenvalue weighted by Gasteiger charge is 2.35. The summed E-state index contributed by atoms with van der Waals surface area (Å²) in [5.41, 5.74) is 3.40. The van der Waals surface area contributed by atoms with Gasteiger partial charge in [-0.3, -0.25) is 4.79 Å². The lowest BCUT2D eigenvalue weighted by atomic mass is 9.71. The number of rotatable bonds is 1. The van der Waals surface area contributed by atoms with Crippen molar-refractivity contribution in [3.8, 4) is 0 Å². The Bertz CT molecular complexity index is 890. The zero-order valence-corrected chi connectivity index (χ0v) is 13.4. The molecule has 0 radical (unpaired) electrons. The molecule has 2 aromatic rings. The molecule has 24 heavy (non-hydrogen) atoms. The maximum absolute atomic E-state index is 12.9. The number of fused-ring (bicyclic) bond motifs is 2. The first-order valence-corrected chi connectivity index (χ1v) is 8.61. The predicted octanol–water partition coefficient (Wildman–Crippen LogP) is 3.70. The molecule has 120 valence electrons. The minimum absolute atomic E-state index is 0.0620. The molecule has 3 nitrogen and oxygen atoms in total. The quantitative estimate of drug-likeness (QED) is 0.803. The summed E-state index contributed by atoms with van der Waals surface area (Å²) in [5, 5.41) is 2.31. The van der Waals surface area contributed by atoms with Gasteiger partial charge in [0, 0.05) is 30.3 Å². The number of allylic oxidation sites excluding steroid dienone is 4. The van der Waals surface area contributed by atoms with Gasteiger partial charge in [0.25, 0.3) is 0 Å². The van der Waals surface area contributed by atoms with E-state index < -0.39 is 0 Å². The molecule has 2 aliphatic carbocycles. The number of carbonyl (C=O) groups is 1. The summed E-state index contributed by atoms with van der Waals surface area (Å²) >= 11 is 0. The third-order valence-electron chi connectivity index (χ3n) is 5.43. The van der Waals surface area contributed by atoms with Crippen LogP contribution in [0.1, 0.15) is 21.8 Å². The maximum Gasteiger partial charge on any atom is 0.171 e. The Balaban J connectivity index is 1.75. The minimum atomic E-state index is -0.0620. The van der Waals surface area contributed by atoms with Crippen molar-refractivity contribution in [1.29, 1.82) is 0 Å². The highest BCUT2D eigenvalue weighted by molar-refractivity contribution is 6.14. The minimum Gasteiger partial charge on any atom is -0.378 e. The predicted molar refractivity (Wildman–Crippen MR) is 95.8 cm³/mol. The van der Waals surface area contributed by atoms with Crippen LogP contribution in [0.25, 0.3) is 10.8 Å². The van der Waals surface area contributed by atoms with Crippen molar-refractivity contribution in [2.24, 2.45) is 5.92 Å². The lowest BCUT2D eigenvalue weighted by Gasteiger charge is -2.34. The van der Waals surface area contributed by atoms with E-state index in [4.69, 9.17) is 4.74 Å². The van der Waals surface area contributed by atoms with E-state index in [1.807, 2.05) is 18.2 Å². The molecule has 1 heterocycles. The topological polar surface area (TPSA) is 29.5 Å². The SMILES string of the molecule is O=C1c2cccc3cc(N4CCOCC4)cc(c23)C2C=CC=CC12. The van der Waals surface area contributed by atoms with Gasteiger partial charge in [-0.15, -0.1) is 0 Å². The molecule has 0 amide bonds. The Hall–Kier alpha value is -2.39. The van der Waals surface area contributed by atoms with Crippen molar-refractivity contribution in [2.75, 3.05) is 31.2 Å². The second kappa shape index (κ2) is 5.32. The summed E-state index contributed by atoms with van der Waals surface area (Å²) in [6.45, 7) is 3.40. The normalized spacial score (nSPS) is 25.2. The van der Waals surface area contributed by atoms with E-state index in [0.717, 1.165) is 37.3 Å². The van der Waals surface area contributed by atoms with E-state index in [9.17, 15) is 4.79 Å². The summed E-state index contributed by atoms with van der Waals surface area (Å²) in [6, 6.07) is 10.6. The number of carbonyl (C=O) groups excluding carboxylic acids is 1. The molecular weight excluding hydrogens is 298 g/mol. The van der Waals surface area contributed by atoms with E-state index in [0.29, 0.717) is 0 Å². The van der Waals surface area contributed by atoms with Crippen LogP contribution in [0.3, 0.4) is 0 Å².